The molecule has 0 unspecified atom stereocenters. The van der Waals surface area contributed by atoms with Gasteiger partial charge in [-0.1, -0.05) is 29.3 Å². The summed E-state index contributed by atoms with van der Waals surface area (Å²) in [6.07, 6.45) is 1.51. The van der Waals surface area contributed by atoms with Crippen molar-refractivity contribution < 1.29 is 4.74 Å². The maximum Gasteiger partial charge on any atom is 0.238 e. The lowest BCUT2D eigenvalue weighted by Gasteiger charge is -2.09. The van der Waals surface area contributed by atoms with Gasteiger partial charge in [0.1, 0.15) is 16.6 Å². The van der Waals surface area contributed by atoms with Crippen molar-refractivity contribution in [2.45, 2.75) is 6.92 Å². The number of amidine groups is 1. The van der Waals surface area contributed by atoms with Gasteiger partial charge in [-0.2, -0.15) is 0 Å². The summed E-state index contributed by atoms with van der Waals surface area (Å²) in [5, 5.41) is 7.63. The average molecular weight is 262 g/mol. The van der Waals surface area contributed by atoms with Crippen molar-refractivity contribution in [3.63, 3.8) is 0 Å². The topological polar surface area (TPSA) is 72.0 Å². The van der Waals surface area contributed by atoms with E-state index < -0.39 is 0 Å². The monoisotopic (exact) mass is 261 g/mol. The number of nitrogen functional groups attached to an aromatic ring is 1. The van der Waals surface area contributed by atoms with Crippen molar-refractivity contribution in [1.29, 1.82) is 5.41 Å². The van der Waals surface area contributed by atoms with E-state index in [0.29, 0.717) is 11.3 Å². The fraction of sp³-hybridized carbons (Fsp3) is 0.0769. The fourth-order valence-electron chi connectivity index (χ4n) is 1.42. The van der Waals surface area contributed by atoms with Crippen molar-refractivity contribution in [1.82, 2.24) is 4.98 Å². The van der Waals surface area contributed by atoms with Crippen LogP contribution in [-0.4, -0.2) is 10.8 Å². The van der Waals surface area contributed by atoms with Gasteiger partial charge in [0.25, 0.3) is 0 Å². The van der Waals surface area contributed by atoms with Gasteiger partial charge in [-0.05, 0) is 25.1 Å². The van der Waals surface area contributed by atoms with Gasteiger partial charge in [-0.15, -0.1) is 0 Å². The third kappa shape index (κ3) is 2.60. The molecule has 92 valence electrons. The molecular weight excluding hydrogens is 250 g/mol. The van der Waals surface area contributed by atoms with Crippen LogP contribution in [0.5, 0.6) is 11.6 Å². The molecule has 18 heavy (non-hydrogen) atoms. The number of benzene rings is 1. The van der Waals surface area contributed by atoms with Gasteiger partial charge in [0.05, 0.1) is 0 Å². The molecule has 0 aliphatic carbocycles. The highest BCUT2D eigenvalue weighted by Gasteiger charge is 2.11. The number of aromatic nitrogens is 1. The first-order chi connectivity index (χ1) is 8.58. The Morgan fingerprint density at radius 2 is 1.94 bits per heavy atom. The van der Waals surface area contributed by atoms with Crippen molar-refractivity contribution >= 4 is 17.4 Å². The molecule has 3 N–H and O–H groups in total. The van der Waals surface area contributed by atoms with Crippen LogP contribution in [0.25, 0.3) is 0 Å². The van der Waals surface area contributed by atoms with Gasteiger partial charge in [0.2, 0.25) is 5.88 Å². The maximum absolute atomic E-state index is 7.39. The Balaban J connectivity index is 2.32. The van der Waals surface area contributed by atoms with Gasteiger partial charge in [0.15, 0.2) is 0 Å². The standard InChI is InChI=1S/C13H12ClN3O/c1-8-2-4-9(5-3-8)18-13-11(14)10(12(15)16)6-7-17-13/h2-7H,1H3,(H3,15,16). The number of nitrogens with zero attached hydrogens (tertiary/aromatic N) is 1. The number of ether oxygens (including phenoxy) is 1. The minimum Gasteiger partial charge on any atom is -0.438 e. The summed E-state index contributed by atoms with van der Waals surface area (Å²) in [4.78, 5) is 4.03. The second-order valence-corrected chi connectivity index (χ2v) is 4.18. The highest BCUT2D eigenvalue weighted by Crippen LogP contribution is 2.29. The molecular formula is C13H12ClN3O. The van der Waals surface area contributed by atoms with E-state index in [1.807, 2.05) is 31.2 Å². The van der Waals surface area contributed by atoms with E-state index >= 15 is 0 Å². The normalized spacial score (nSPS) is 10.1. The lowest BCUT2D eigenvalue weighted by atomic mass is 10.2. The minimum absolute atomic E-state index is 0.115. The Labute approximate surface area is 110 Å². The van der Waals surface area contributed by atoms with Gasteiger partial charge < -0.3 is 10.5 Å². The van der Waals surface area contributed by atoms with Crippen molar-refractivity contribution in [3.8, 4) is 11.6 Å². The first-order valence-electron chi connectivity index (χ1n) is 5.31. The van der Waals surface area contributed by atoms with Gasteiger partial charge in [-0.3, -0.25) is 5.41 Å². The fourth-order valence-corrected chi connectivity index (χ4v) is 1.67. The number of nitrogens with two attached hydrogens (primary N) is 1. The Morgan fingerprint density at radius 1 is 1.28 bits per heavy atom. The average Bonchev–Trinajstić information content (AvgIpc) is 2.34. The predicted octanol–water partition coefficient (Wildman–Crippen LogP) is 3.12. The SMILES string of the molecule is Cc1ccc(Oc2nccc(C(=N)N)c2Cl)cc1. The van der Waals surface area contributed by atoms with E-state index in [1.165, 1.54) is 6.20 Å². The lowest BCUT2D eigenvalue weighted by Crippen LogP contribution is -2.12. The Kier molecular flexibility index (Phi) is 3.48. The van der Waals surface area contributed by atoms with Crippen LogP contribution in [0.4, 0.5) is 0 Å². The second-order valence-electron chi connectivity index (χ2n) is 3.81. The number of pyridine rings is 1. The molecule has 2 aromatic rings. The summed E-state index contributed by atoms with van der Waals surface area (Å²) >= 11 is 6.08. The summed E-state index contributed by atoms with van der Waals surface area (Å²) in [6, 6.07) is 9.09. The van der Waals surface area contributed by atoms with Crippen LogP contribution in [0.3, 0.4) is 0 Å². The molecule has 0 aliphatic rings. The predicted molar refractivity (Wildman–Crippen MR) is 71.5 cm³/mol. The highest BCUT2D eigenvalue weighted by molar-refractivity contribution is 6.35. The summed E-state index contributed by atoms with van der Waals surface area (Å²) in [5.74, 6) is 0.764. The van der Waals surface area contributed by atoms with E-state index in [1.54, 1.807) is 6.07 Å². The molecule has 1 aromatic carbocycles. The highest BCUT2D eigenvalue weighted by atomic mass is 35.5. The summed E-state index contributed by atoms with van der Waals surface area (Å²) in [7, 11) is 0. The molecule has 1 aromatic heterocycles. The van der Waals surface area contributed by atoms with Crippen LogP contribution < -0.4 is 10.5 Å². The van der Waals surface area contributed by atoms with Crippen LogP contribution in [0.2, 0.25) is 5.02 Å². The Hall–Kier alpha value is -2.07. The van der Waals surface area contributed by atoms with E-state index in [0.717, 1.165) is 5.56 Å². The van der Waals surface area contributed by atoms with Gasteiger partial charge in [-0.25, -0.2) is 4.98 Å². The van der Waals surface area contributed by atoms with Gasteiger partial charge >= 0.3 is 0 Å². The molecule has 0 fully saturated rings. The van der Waals surface area contributed by atoms with Crippen molar-refractivity contribution in [2.24, 2.45) is 5.73 Å². The molecule has 0 radical (unpaired) electrons. The number of rotatable bonds is 3. The molecule has 5 heteroatoms. The van der Waals surface area contributed by atoms with Crippen molar-refractivity contribution in [2.75, 3.05) is 0 Å². The third-order valence-corrected chi connectivity index (χ3v) is 2.75. The molecule has 0 saturated carbocycles. The van der Waals surface area contributed by atoms with Crippen LogP contribution in [-0.2, 0) is 0 Å². The molecule has 0 atom stereocenters. The number of halogens is 1. The Morgan fingerprint density at radius 3 is 2.56 bits per heavy atom. The van der Waals surface area contributed by atoms with Gasteiger partial charge in [0, 0.05) is 11.8 Å². The molecule has 0 amide bonds. The lowest BCUT2D eigenvalue weighted by molar-refractivity contribution is 0.463. The number of hydrogen-bond donors (Lipinski definition) is 2. The molecule has 0 saturated heterocycles. The summed E-state index contributed by atoms with van der Waals surface area (Å²) < 4.78 is 5.56. The van der Waals surface area contributed by atoms with E-state index in [4.69, 9.17) is 27.5 Å². The molecule has 0 spiro atoms. The molecule has 2 rings (SSSR count). The zero-order chi connectivity index (χ0) is 13.1. The quantitative estimate of drug-likeness (QED) is 0.659. The number of nitrogens with one attached hydrogen (secondary N) is 1. The third-order valence-electron chi connectivity index (χ3n) is 2.38. The van der Waals surface area contributed by atoms with E-state index in [2.05, 4.69) is 4.98 Å². The minimum atomic E-state index is -0.115. The zero-order valence-electron chi connectivity index (χ0n) is 9.77. The molecule has 0 bridgehead atoms. The van der Waals surface area contributed by atoms with Crippen LogP contribution in [0.15, 0.2) is 36.5 Å². The first-order valence-corrected chi connectivity index (χ1v) is 5.69. The summed E-state index contributed by atoms with van der Waals surface area (Å²) in [6.45, 7) is 1.99. The molecule has 4 nitrogen and oxygen atoms in total. The van der Waals surface area contributed by atoms with Crippen LogP contribution in [0.1, 0.15) is 11.1 Å². The maximum atomic E-state index is 7.39. The second kappa shape index (κ2) is 5.06. The van der Waals surface area contributed by atoms with E-state index in [9.17, 15) is 0 Å². The smallest absolute Gasteiger partial charge is 0.238 e. The molecule has 1 heterocycles. The van der Waals surface area contributed by atoms with E-state index in [-0.39, 0.29) is 16.7 Å². The van der Waals surface area contributed by atoms with Crippen molar-refractivity contribution in [3.05, 3.63) is 52.7 Å². The largest absolute Gasteiger partial charge is 0.438 e. The number of aryl methyl sites for hydroxylation is 1. The molecule has 0 aliphatic heterocycles. The zero-order valence-corrected chi connectivity index (χ0v) is 10.5. The number of hydrogen-bond acceptors (Lipinski definition) is 3. The van der Waals surface area contributed by atoms with Crippen LogP contribution >= 0.6 is 11.6 Å². The Bertz CT molecular complexity index is 581. The first kappa shape index (κ1) is 12.4. The van der Waals surface area contributed by atoms with Crippen LogP contribution in [0, 0.1) is 12.3 Å². The summed E-state index contributed by atoms with van der Waals surface area (Å²) in [5.41, 5.74) is 6.96.